The molecule has 1 aromatic rings. The number of halogens is 2. The van der Waals surface area contributed by atoms with Crippen molar-refractivity contribution < 1.29 is 14.6 Å². The Bertz CT molecular complexity index is 591. The molecule has 3 rings (SSSR count). The van der Waals surface area contributed by atoms with Crippen molar-refractivity contribution in [2.45, 2.75) is 25.7 Å². The van der Waals surface area contributed by atoms with Crippen molar-refractivity contribution in [3.63, 3.8) is 0 Å². The van der Waals surface area contributed by atoms with Gasteiger partial charge in [-0.3, -0.25) is 4.99 Å². The summed E-state index contributed by atoms with van der Waals surface area (Å²) in [4.78, 5) is 14.4. The van der Waals surface area contributed by atoms with E-state index in [-0.39, 0.29) is 5.76 Å². The summed E-state index contributed by atoms with van der Waals surface area (Å²) in [6, 6.07) is 5.61. The van der Waals surface area contributed by atoms with Crippen LogP contribution < -0.4 is 0 Å². The molecular formula is C16H17Cl2NO3. The molecule has 2 aliphatic rings. The van der Waals surface area contributed by atoms with Crippen molar-refractivity contribution in [1.29, 1.82) is 0 Å². The van der Waals surface area contributed by atoms with Gasteiger partial charge in [0, 0.05) is 35.1 Å². The summed E-state index contributed by atoms with van der Waals surface area (Å²) >= 11 is 12.1. The van der Waals surface area contributed by atoms with Crippen LogP contribution in [-0.2, 0) is 16.0 Å². The summed E-state index contributed by atoms with van der Waals surface area (Å²) in [5, 5.41) is 9.71. The van der Waals surface area contributed by atoms with E-state index in [2.05, 4.69) is 9.73 Å². The van der Waals surface area contributed by atoms with Gasteiger partial charge in [-0.25, -0.2) is 4.79 Å². The lowest BCUT2D eigenvalue weighted by atomic mass is 10.1. The van der Waals surface area contributed by atoms with Crippen LogP contribution in [0.5, 0.6) is 0 Å². The van der Waals surface area contributed by atoms with Crippen molar-refractivity contribution >= 4 is 34.9 Å². The Morgan fingerprint density at radius 3 is 2.50 bits per heavy atom. The number of carboxylic acids is 1. The number of carboxylic acid groups (broad SMARTS) is 1. The molecule has 0 atom stereocenters. The number of carbonyl (C=O) groups is 1. The number of aliphatic carboxylic acids is 1. The Labute approximate surface area is 139 Å². The normalized spacial score (nSPS) is 16.3. The smallest absolute Gasteiger partial charge is 0.370 e. The van der Waals surface area contributed by atoms with Crippen LogP contribution in [0.4, 0.5) is 0 Å². The van der Waals surface area contributed by atoms with Crippen LogP contribution in [0.2, 0.25) is 10.0 Å². The van der Waals surface area contributed by atoms with Crippen molar-refractivity contribution in [1.82, 2.24) is 0 Å². The molecule has 0 fully saturated rings. The first kappa shape index (κ1) is 16.8. The quantitative estimate of drug-likeness (QED) is 0.898. The molecule has 2 heterocycles. The minimum atomic E-state index is -0.970. The molecule has 0 radical (unpaired) electrons. The van der Waals surface area contributed by atoms with E-state index in [0.717, 1.165) is 47.8 Å². The zero-order valence-corrected chi connectivity index (χ0v) is 13.5. The van der Waals surface area contributed by atoms with E-state index >= 15 is 0 Å². The number of rotatable bonds is 3. The van der Waals surface area contributed by atoms with Crippen LogP contribution in [0.15, 0.2) is 35.0 Å². The molecule has 2 aliphatic heterocycles. The minimum absolute atomic E-state index is 0.0880. The highest BCUT2D eigenvalue weighted by molar-refractivity contribution is 6.36. The third-order valence-electron chi connectivity index (χ3n) is 3.32. The Kier molecular flexibility index (Phi) is 6.28. The predicted octanol–water partition coefficient (Wildman–Crippen LogP) is 4.15. The highest BCUT2D eigenvalue weighted by Gasteiger charge is 2.12. The summed E-state index contributed by atoms with van der Waals surface area (Å²) < 4.78 is 4.68. The van der Waals surface area contributed by atoms with Crippen molar-refractivity contribution in [2.24, 2.45) is 4.99 Å². The second-order valence-corrected chi connectivity index (χ2v) is 5.75. The van der Waals surface area contributed by atoms with Crippen molar-refractivity contribution in [2.75, 3.05) is 13.2 Å². The highest BCUT2D eigenvalue weighted by Crippen LogP contribution is 2.26. The Morgan fingerprint density at radius 2 is 2.05 bits per heavy atom. The van der Waals surface area contributed by atoms with E-state index in [1.165, 1.54) is 5.71 Å². The van der Waals surface area contributed by atoms with Gasteiger partial charge in [-0.1, -0.05) is 29.3 Å². The van der Waals surface area contributed by atoms with Crippen LogP contribution in [-0.4, -0.2) is 29.9 Å². The molecule has 0 aromatic heterocycles. The van der Waals surface area contributed by atoms with E-state index in [0.29, 0.717) is 6.61 Å². The van der Waals surface area contributed by atoms with Gasteiger partial charge in [-0.05, 0) is 36.6 Å². The lowest BCUT2D eigenvalue weighted by molar-refractivity contribution is -0.136. The van der Waals surface area contributed by atoms with Crippen LogP contribution in [0.3, 0.4) is 0 Å². The first-order chi connectivity index (χ1) is 10.6. The molecule has 0 spiro atoms. The van der Waals surface area contributed by atoms with Crippen LogP contribution >= 0.6 is 23.2 Å². The Balaban J connectivity index is 0.000000188. The van der Waals surface area contributed by atoms with Gasteiger partial charge >= 0.3 is 5.97 Å². The van der Waals surface area contributed by atoms with Gasteiger partial charge in [0.15, 0.2) is 0 Å². The second-order valence-electron chi connectivity index (χ2n) is 4.94. The molecule has 0 aliphatic carbocycles. The summed E-state index contributed by atoms with van der Waals surface area (Å²) in [6.07, 6.45) is 5.35. The molecule has 22 heavy (non-hydrogen) atoms. The van der Waals surface area contributed by atoms with Crippen LogP contribution in [0.1, 0.15) is 24.8 Å². The topological polar surface area (TPSA) is 58.9 Å². The Morgan fingerprint density at radius 1 is 1.32 bits per heavy atom. The fraction of sp³-hybridized carbons (Fsp3) is 0.375. The zero-order valence-electron chi connectivity index (χ0n) is 12.0. The van der Waals surface area contributed by atoms with Crippen molar-refractivity contribution in [3.05, 3.63) is 45.6 Å². The first-order valence-corrected chi connectivity index (χ1v) is 7.85. The van der Waals surface area contributed by atoms with Gasteiger partial charge in [-0.2, -0.15) is 0 Å². The summed E-state index contributed by atoms with van der Waals surface area (Å²) in [7, 11) is 0. The molecule has 1 N–H and O–H groups in total. The third-order valence-corrected chi connectivity index (χ3v) is 4.03. The molecule has 0 unspecified atom stereocenters. The molecule has 6 heteroatoms. The number of aliphatic imine (C=N–C) groups is 1. The lowest BCUT2D eigenvalue weighted by Crippen LogP contribution is -2.00. The molecule has 0 saturated heterocycles. The number of ether oxygens (including phenoxy) is 1. The third kappa shape index (κ3) is 4.75. The molecule has 118 valence electrons. The van der Waals surface area contributed by atoms with E-state index in [9.17, 15) is 4.79 Å². The van der Waals surface area contributed by atoms with Gasteiger partial charge < -0.3 is 9.84 Å². The molecule has 4 nitrogen and oxygen atoms in total. The molecule has 0 amide bonds. The standard InChI is InChI=1S/C11H11Cl2N.C5H6O3/c12-10-4-1-5-11(13)9(10)7-8-3-2-6-14-8;6-5(7)4-2-1-3-8-4/h1,4-5H,2-3,6-7H2;2H,1,3H2,(H,6,7). The summed E-state index contributed by atoms with van der Waals surface area (Å²) in [5.74, 6) is -0.882. The maximum atomic E-state index is 10.0. The van der Waals surface area contributed by atoms with Crippen LogP contribution in [0, 0.1) is 0 Å². The monoisotopic (exact) mass is 341 g/mol. The SMILES string of the molecule is Clc1cccc(Cl)c1CC1=NCCC1.O=C(O)C1=CCCO1. The second kappa shape index (κ2) is 8.20. The van der Waals surface area contributed by atoms with Gasteiger partial charge in [0.2, 0.25) is 5.76 Å². The fourth-order valence-electron chi connectivity index (χ4n) is 2.22. The van der Waals surface area contributed by atoms with E-state index < -0.39 is 5.97 Å². The molecular weight excluding hydrogens is 325 g/mol. The summed E-state index contributed by atoms with van der Waals surface area (Å²) in [5.41, 5.74) is 2.23. The van der Waals surface area contributed by atoms with Gasteiger partial charge in [0.1, 0.15) is 0 Å². The van der Waals surface area contributed by atoms with Crippen LogP contribution in [0.25, 0.3) is 0 Å². The molecule has 1 aromatic carbocycles. The first-order valence-electron chi connectivity index (χ1n) is 7.09. The van der Waals surface area contributed by atoms with Gasteiger partial charge in [0.05, 0.1) is 6.61 Å². The predicted molar refractivity (Wildman–Crippen MR) is 88.0 cm³/mol. The highest BCUT2D eigenvalue weighted by atomic mass is 35.5. The minimum Gasteiger partial charge on any atom is -0.486 e. The maximum Gasteiger partial charge on any atom is 0.370 e. The number of hydrogen-bond donors (Lipinski definition) is 1. The zero-order chi connectivity index (χ0) is 15.9. The number of nitrogens with zero attached hydrogens (tertiary/aromatic N) is 1. The maximum absolute atomic E-state index is 10.0. The average molecular weight is 342 g/mol. The largest absolute Gasteiger partial charge is 0.486 e. The van der Waals surface area contributed by atoms with E-state index in [4.69, 9.17) is 28.3 Å². The van der Waals surface area contributed by atoms with Crippen molar-refractivity contribution in [3.8, 4) is 0 Å². The lowest BCUT2D eigenvalue weighted by Gasteiger charge is -2.06. The van der Waals surface area contributed by atoms with Gasteiger partial charge in [0.25, 0.3) is 0 Å². The van der Waals surface area contributed by atoms with Gasteiger partial charge in [-0.15, -0.1) is 0 Å². The van der Waals surface area contributed by atoms with E-state index in [1.54, 1.807) is 6.08 Å². The fourth-order valence-corrected chi connectivity index (χ4v) is 2.75. The molecule has 0 saturated carbocycles. The van der Waals surface area contributed by atoms with E-state index in [1.807, 2.05) is 18.2 Å². The number of benzene rings is 1. The summed E-state index contributed by atoms with van der Waals surface area (Å²) in [6.45, 7) is 1.47. The molecule has 0 bridgehead atoms. The Hall–Kier alpha value is -1.52. The number of hydrogen-bond acceptors (Lipinski definition) is 3. The average Bonchev–Trinajstić information content (AvgIpc) is 3.17.